The van der Waals surface area contributed by atoms with E-state index in [1.165, 1.54) is 25.4 Å². The molecule has 0 fully saturated rings. The van der Waals surface area contributed by atoms with Gasteiger partial charge in [-0.3, -0.25) is 4.98 Å². The molecule has 231 valence electrons. The van der Waals surface area contributed by atoms with E-state index in [9.17, 15) is 0 Å². The van der Waals surface area contributed by atoms with Gasteiger partial charge in [-0.15, -0.1) is 18.2 Å². The van der Waals surface area contributed by atoms with Crippen LogP contribution in [0.15, 0.2) is 85.1 Å². The van der Waals surface area contributed by atoms with Gasteiger partial charge in [0.25, 0.3) is 0 Å². The molecule has 1 radical (unpaired) electrons. The van der Waals surface area contributed by atoms with Crippen LogP contribution >= 0.6 is 11.3 Å². The molecular formula is C38H38GeIrN4S-2. The molecule has 0 bridgehead atoms. The molecule has 0 aliphatic carbocycles. The number of fused-ring (bicyclic) bond motifs is 4. The predicted octanol–water partition coefficient (Wildman–Crippen LogP) is 9.81. The van der Waals surface area contributed by atoms with Crippen LogP contribution < -0.4 is 4.40 Å². The van der Waals surface area contributed by atoms with Gasteiger partial charge in [0.15, 0.2) is 0 Å². The molecule has 0 spiro atoms. The van der Waals surface area contributed by atoms with Crippen LogP contribution in [0, 0.1) is 19.1 Å². The van der Waals surface area contributed by atoms with Crippen molar-refractivity contribution in [3.63, 3.8) is 0 Å². The number of para-hydroxylation sites is 2. The minimum Gasteiger partial charge on any atom is 0 e. The van der Waals surface area contributed by atoms with Crippen LogP contribution in [-0.2, 0) is 26.7 Å². The van der Waals surface area contributed by atoms with E-state index in [1.54, 1.807) is 11.3 Å². The Bertz CT molecular complexity index is 2140. The van der Waals surface area contributed by atoms with Crippen LogP contribution in [0.5, 0.6) is 0 Å². The molecule has 3 aromatic carbocycles. The predicted molar refractivity (Wildman–Crippen MR) is 191 cm³/mol. The number of rotatable bonds is 5. The van der Waals surface area contributed by atoms with Crippen LogP contribution in [0.3, 0.4) is 0 Å². The number of nitrogens with zero attached hydrogens (tertiary/aromatic N) is 4. The number of aryl methyl sites for hydroxylation is 2. The first-order chi connectivity index (χ1) is 21.5. The fourth-order valence-corrected chi connectivity index (χ4v) is 10.2. The van der Waals surface area contributed by atoms with Crippen LogP contribution in [0.1, 0.15) is 39.3 Å². The topological polar surface area (TPSA) is 43.6 Å². The Kier molecular flexibility index (Phi) is 9.67. The summed E-state index contributed by atoms with van der Waals surface area (Å²) in [5, 5.41) is 2.44. The summed E-state index contributed by atoms with van der Waals surface area (Å²) in [5.41, 5.74) is 7.33. The first-order valence-corrected chi connectivity index (χ1v) is 23.3. The van der Waals surface area contributed by atoms with E-state index in [4.69, 9.17) is 11.3 Å². The van der Waals surface area contributed by atoms with E-state index in [1.807, 2.05) is 63.4 Å². The normalized spacial score (nSPS) is 12.1. The van der Waals surface area contributed by atoms with E-state index < -0.39 is 19.2 Å². The number of thiophene rings is 1. The molecule has 7 rings (SSSR count). The van der Waals surface area contributed by atoms with E-state index in [-0.39, 0.29) is 20.1 Å². The molecule has 0 aliphatic rings. The molecule has 0 saturated carbocycles. The van der Waals surface area contributed by atoms with Gasteiger partial charge in [0, 0.05) is 32.3 Å². The molecule has 0 atom stereocenters. The molecule has 7 aromatic rings. The average molecular weight is 849 g/mol. The SMILES string of the molecule is CCn1c(-c2[c-]ccc3c2sc2nc(C)ccc23)nc2ccccc21.[2H]C(C)(C)c1cc(-c2[c-]cccc2)nc[c]1[Ge]([CH3])([CH3])[CH3].[Ir]. The maximum atomic E-state index is 8.44. The molecular weight excluding hydrogens is 809 g/mol. The van der Waals surface area contributed by atoms with Crippen molar-refractivity contribution < 1.29 is 21.5 Å². The van der Waals surface area contributed by atoms with Gasteiger partial charge in [-0.2, -0.15) is 11.3 Å². The van der Waals surface area contributed by atoms with E-state index in [0.717, 1.165) is 50.8 Å². The Morgan fingerprint density at radius 3 is 2.42 bits per heavy atom. The van der Waals surface area contributed by atoms with Crippen LogP contribution in [0.25, 0.3) is 54.0 Å². The van der Waals surface area contributed by atoms with Crippen molar-refractivity contribution in [2.45, 2.75) is 57.4 Å². The molecule has 0 unspecified atom stereocenters. The Balaban J connectivity index is 0.000000182. The summed E-state index contributed by atoms with van der Waals surface area (Å²) < 4.78 is 13.2. The molecule has 0 amide bonds. The summed E-state index contributed by atoms with van der Waals surface area (Å²) in [6.45, 7) is 8.99. The molecule has 0 N–H and O–H groups in total. The van der Waals surface area contributed by atoms with Gasteiger partial charge in [-0.05, 0) is 42.1 Å². The van der Waals surface area contributed by atoms with Crippen LogP contribution in [-0.4, -0.2) is 32.8 Å². The van der Waals surface area contributed by atoms with Gasteiger partial charge in [-0.1, -0.05) is 29.1 Å². The number of benzene rings is 3. The third kappa shape index (κ3) is 6.71. The standard InChI is InChI=1S/C21H16N3S.C17H22GeN.Ir/c1-3-24-18-10-5-4-9-17(18)23-20(24)16-8-6-7-14-15-12-11-13(2)22-21(15)25-19(14)16;1-13(2)15-11-17(14-9-7-6-8-10-14)19-12-16(15)18(3,4)5;/h4-7,9-12H,3H2,1-2H3;6-9,11-13H,1-5H3;/q2*-1;/i;13D;. The zero-order valence-electron chi connectivity index (χ0n) is 27.8. The first-order valence-electron chi connectivity index (χ1n) is 15.6. The van der Waals surface area contributed by atoms with Crippen molar-refractivity contribution in [3.8, 4) is 22.6 Å². The Morgan fingerprint density at radius 2 is 1.71 bits per heavy atom. The minimum absolute atomic E-state index is 0. The second kappa shape index (κ2) is 13.7. The maximum Gasteiger partial charge on any atom is 0 e. The fourth-order valence-electron chi connectivity index (χ4n) is 5.63. The largest absolute Gasteiger partial charge is 0 e. The third-order valence-corrected chi connectivity index (χ3v) is 13.2. The van der Waals surface area contributed by atoms with Crippen molar-refractivity contribution in [3.05, 3.63) is 108 Å². The summed E-state index contributed by atoms with van der Waals surface area (Å²) in [4.78, 5) is 15.3. The number of hydrogen-bond donors (Lipinski definition) is 0. The Morgan fingerprint density at radius 1 is 0.933 bits per heavy atom. The summed E-state index contributed by atoms with van der Waals surface area (Å²) in [6, 6.07) is 33.3. The van der Waals surface area contributed by atoms with Crippen LogP contribution in [0.2, 0.25) is 17.3 Å². The summed E-state index contributed by atoms with van der Waals surface area (Å²) in [5.74, 6) is 7.43. The molecule has 4 nitrogen and oxygen atoms in total. The Labute approximate surface area is 288 Å². The zero-order chi connectivity index (χ0) is 31.9. The van der Waals surface area contributed by atoms with E-state index >= 15 is 0 Å². The van der Waals surface area contributed by atoms with Crippen LogP contribution in [0.4, 0.5) is 0 Å². The Hall–Kier alpha value is -3.16. The quantitative estimate of drug-likeness (QED) is 0.128. The van der Waals surface area contributed by atoms with Gasteiger partial charge < -0.3 is 4.57 Å². The van der Waals surface area contributed by atoms with Crippen molar-refractivity contribution in [1.29, 1.82) is 0 Å². The van der Waals surface area contributed by atoms with Gasteiger partial charge in [0.05, 0.1) is 16.9 Å². The number of pyridine rings is 2. The van der Waals surface area contributed by atoms with Crippen molar-refractivity contribution in [2.75, 3.05) is 0 Å². The van der Waals surface area contributed by atoms with E-state index in [2.05, 4.69) is 88.3 Å². The third-order valence-electron chi connectivity index (χ3n) is 7.87. The van der Waals surface area contributed by atoms with Gasteiger partial charge in [0.2, 0.25) is 0 Å². The number of imidazole rings is 1. The average Bonchev–Trinajstić information content (AvgIpc) is 3.58. The minimum atomic E-state index is -2.03. The monoisotopic (exact) mass is 850 g/mol. The maximum absolute atomic E-state index is 8.44. The molecule has 4 aromatic heterocycles. The molecule has 4 heterocycles. The molecule has 0 saturated heterocycles. The summed E-state index contributed by atoms with van der Waals surface area (Å²) in [6.07, 6.45) is 2.00. The van der Waals surface area contributed by atoms with Crippen molar-refractivity contribution >= 4 is 60.3 Å². The fraction of sp³-hybridized carbons (Fsp3) is 0.237. The molecule has 45 heavy (non-hydrogen) atoms. The summed E-state index contributed by atoms with van der Waals surface area (Å²) in [7, 11) is 0. The second-order valence-electron chi connectivity index (χ2n) is 12.3. The van der Waals surface area contributed by atoms with Gasteiger partial charge in [0.1, 0.15) is 4.83 Å². The second-order valence-corrected chi connectivity index (χ2v) is 23.9. The summed E-state index contributed by atoms with van der Waals surface area (Å²) >= 11 is -0.295. The molecule has 7 heteroatoms. The first kappa shape index (κ1) is 31.8. The molecule has 0 aliphatic heterocycles. The number of aromatic nitrogens is 4. The van der Waals surface area contributed by atoms with Crippen molar-refractivity contribution in [2.24, 2.45) is 0 Å². The van der Waals surface area contributed by atoms with Gasteiger partial charge >= 0.3 is 120 Å². The van der Waals surface area contributed by atoms with Gasteiger partial charge in [-0.25, -0.2) is 4.98 Å². The number of hydrogen-bond acceptors (Lipinski definition) is 4. The van der Waals surface area contributed by atoms with E-state index in [0.29, 0.717) is 0 Å². The zero-order valence-corrected chi connectivity index (χ0v) is 32.1. The van der Waals surface area contributed by atoms with Crippen molar-refractivity contribution in [1.82, 2.24) is 19.5 Å². The smallest absolute Gasteiger partial charge is 0 e.